The van der Waals surface area contributed by atoms with Crippen molar-refractivity contribution in [1.82, 2.24) is 5.32 Å². The summed E-state index contributed by atoms with van der Waals surface area (Å²) in [7, 11) is 0. The zero-order chi connectivity index (χ0) is 15.2. The first-order valence-electron chi connectivity index (χ1n) is 7.18. The lowest BCUT2D eigenvalue weighted by Gasteiger charge is -2.29. The minimum Gasteiger partial charge on any atom is -0.494 e. The summed E-state index contributed by atoms with van der Waals surface area (Å²) < 4.78 is 5.54. The van der Waals surface area contributed by atoms with Crippen molar-refractivity contribution in [3.8, 4) is 5.75 Å². The Morgan fingerprint density at radius 2 is 1.95 bits per heavy atom. The predicted molar refractivity (Wildman–Crippen MR) is 81.6 cm³/mol. The van der Waals surface area contributed by atoms with E-state index < -0.39 is 5.54 Å². The second-order valence-electron chi connectivity index (χ2n) is 5.64. The number of benzene rings is 1. The van der Waals surface area contributed by atoms with Gasteiger partial charge in [0.1, 0.15) is 11.3 Å². The number of carbonyl (C=O) groups is 1. The van der Waals surface area contributed by atoms with Gasteiger partial charge < -0.3 is 10.5 Å². The average Bonchev–Trinajstić information content (AvgIpc) is 2.42. The van der Waals surface area contributed by atoms with Crippen molar-refractivity contribution in [2.75, 3.05) is 13.2 Å². The van der Waals surface area contributed by atoms with Gasteiger partial charge in [0.25, 0.3) is 0 Å². The van der Waals surface area contributed by atoms with E-state index in [0.717, 1.165) is 24.3 Å². The van der Waals surface area contributed by atoms with Crippen LogP contribution in [0.3, 0.4) is 0 Å². The first-order chi connectivity index (χ1) is 9.40. The molecule has 0 saturated heterocycles. The van der Waals surface area contributed by atoms with Crippen LogP contribution in [0.1, 0.15) is 39.7 Å². The second kappa shape index (κ2) is 7.29. The Morgan fingerprint density at radius 3 is 2.40 bits per heavy atom. The van der Waals surface area contributed by atoms with Crippen LogP contribution in [0.15, 0.2) is 24.3 Å². The molecule has 0 aromatic heterocycles. The van der Waals surface area contributed by atoms with Crippen LogP contribution in [0, 0.1) is 5.92 Å². The molecular weight excluding hydrogens is 252 g/mol. The number of carbonyl (C=O) groups excluding carboxylic acids is 1. The van der Waals surface area contributed by atoms with Crippen molar-refractivity contribution in [1.29, 1.82) is 0 Å². The first kappa shape index (κ1) is 16.5. The molecule has 20 heavy (non-hydrogen) atoms. The van der Waals surface area contributed by atoms with Crippen LogP contribution in [0.25, 0.3) is 0 Å². The Balaban J connectivity index is 2.89. The normalized spacial score (nSPS) is 14.1. The van der Waals surface area contributed by atoms with E-state index in [4.69, 9.17) is 10.5 Å². The summed E-state index contributed by atoms with van der Waals surface area (Å²) in [6.45, 7) is 9.49. The molecule has 0 aliphatic carbocycles. The van der Waals surface area contributed by atoms with Crippen molar-refractivity contribution in [3.05, 3.63) is 29.8 Å². The Labute approximate surface area is 121 Å². The van der Waals surface area contributed by atoms with E-state index in [9.17, 15) is 4.79 Å². The van der Waals surface area contributed by atoms with Gasteiger partial charge in [0.05, 0.1) is 6.61 Å². The Hall–Kier alpha value is -1.55. The molecule has 1 amide bonds. The van der Waals surface area contributed by atoms with E-state index in [2.05, 4.69) is 26.1 Å². The Morgan fingerprint density at radius 1 is 1.35 bits per heavy atom. The first-order valence-corrected chi connectivity index (χ1v) is 7.18. The van der Waals surface area contributed by atoms with E-state index in [1.54, 1.807) is 0 Å². The van der Waals surface area contributed by atoms with E-state index in [-0.39, 0.29) is 5.91 Å². The largest absolute Gasteiger partial charge is 0.494 e. The molecule has 3 N–H and O–H groups in total. The Kier molecular flexibility index (Phi) is 6.02. The minimum atomic E-state index is -0.854. The molecule has 4 nitrogen and oxygen atoms in total. The third kappa shape index (κ3) is 4.23. The van der Waals surface area contributed by atoms with Gasteiger partial charge in [0, 0.05) is 0 Å². The van der Waals surface area contributed by atoms with Crippen molar-refractivity contribution in [3.63, 3.8) is 0 Å². The maximum Gasteiger partial charge on any atom is 0.242 e. The maximum atomic E-state index is 11.8. The quantitative estimate of drug-likeness (QED) is 0.767. The van der Waals surface area contributed by atoms with E-state index >= 15 is 0 Å². The van der Waals surface area contributed by atoms with Gasteiger partial charge in [0.2, 0.25) is 5.91 Å². The van der Waals surface area contributed by atoms with Crippen LogP contribution >= 0.6 is 0 Å². The van der Waals surface area contributed by atoms with Gasteiger partial charge in [-0.05, 0) is 43.5 Å². The van der Waals surface area contributed by atoms with Gasteiger partial charge in [-0.15, -0.1) is 0 Å². The van der Waals surface area contributed by atoms with Crippen molar-refractivity contribution < 1.29 is 9.53 Å². The van der Waals surface area contributed by atoms with Gasteiger partial charge in [-0.3, -0.25) is 10.1 Å². The third-order valence-electron chi connectivity index (χ3n) is 3.26. The maximum absolute atomic E-state index is 11.8. The highest BCUT2D eigenvalue weighted by Crippen LogP contribution is 2.23. The standard InChI is InChI=1S/C16H26N2O2/c1-5-10-20-14-8-6-13(7-9-14)16(4,15(17)19)18-11-12(2)3/h6-9,12,18H,5,10-11H2,1-4H3,(H2,17,19). The SMILES string of the molecule is CCCOc1ccc(C(C)(NCC(C)C)C(N)=O)cc1. The molecule has 0 bridgehead atoms. The second-order valence-corrected chi connectivity index (χ2v) is 5.64. The summed E-state index contributed by atoms with van der Waals surface area (Å²) >= 11 is 0. The molecule has 0 aliphatic rings. The van der Waals surface area contributed by atoms with E-state index in [1.807, 2.05) is 31.2 Å². The highest BCUT2D eigenvalue weighted by Gasteiger charge is 2.32. The van der Waals surface area contributed by atoms with Gasteiger partial charge in [-0.1, -0.05) is 32.9 Å². The number of nitrogens with two attached hydrogens (primary N) is 1. The summed E-state index contributed by atoms with van der Waals surface area (Å²) in [5.74, 6) is 0.882. The highest BCUT2D eigenvalue weighted by molar-refractivity contribution is 5.85. The Bertz CT molecular complexity index is 429. The van der Waals surface area contributed by atoms with Crippen molar-refractivity contribution in [2.24, 2.45) is 11.7 Å². The third-order valence-corrected chi connectivity index (χ3v) is 3.26. The number of primary amides is 1. The predicted octanol–water partition coefficient (Wildman–Crippen LogP) is 2.42. The fourth-order valence-corrected chi connectivity index (χ4v) is 1.84. The van der Waals surface area contributed by atoms with E-state index in [1.165, 1.54) is 0 Å². The molecular formula is C16H26N2O2. The minimum absolute atomic E-state index is 0.375. The molecule has 1 aromatic rings. The lowest BCUT2D eigenvalue weighted by Crippen LogP contribution is -2.51. The molecule has 0 fully saturated rings. The van der Waals surface area contributed by atoms with Gasteiger partial charge in [-0.25, -0.2) is 0 Å². The molecule has 1 atom stereocenters. The molecule has 0 heterocycles. The number of nitrogens with one attached hydrogen (secondary N) is 1. The molecule has 1 rings (SSSR count). The number of ether oxygens (including phenoxy) is 1. The molecule has 1 aromatic carbocycles. The molecule has 0 spiro atoms. The lowest BCUT2D eigenvalue weighted by atomic mass is 9.90. The zero-order valence-electron chi connectivity index (χ0n) is 12.9. The van der Waals surface area contributed by atoms with Crippen molar-refractivity contribution >= 4 is 5.91 Å². The number of hydrogen-bond donors (Lipinski definition) is 2. The summed E-state index contributed by atoms with van der Waals surface area (Å²) in [5.41, 5.74) is 5.58. The topological polar surface area (TPSA) is 64.3 Å². The summed E-state index contributed by atoms with van der Waals surface area (Å²) in [6.07, 6.45) is 0.969. The lowest BCUT2D eigenvalue weighted by molar-refractivity contribution is -0.124. The van der Waals surface area contributed by atoms with Gasteiger partial charge >= 0.3 is 0 Å². The van der Waals surface area contributed by atoms with Gasteiger partial charge in [-0.2, -0.15) is 0 Å². The van der Waals surface area contributed by atoms with Crippen LogP contribution < -0.4 is 15.8 Å². The summed E-state index contributed by atoms with van der Waals surface area (Å²) in [6, 6.07) is 7.54. The molecule has 0 radical (unpaired) electrons. The number of rotatable bonds is 8. The van der Waals surface area contributed by atoms with Crippen LogP contribution in [0.5, 0.6) is 5.75 Å². The molecule has 4 heteroatoms. The smallest absolute Gasteiger partial charge is 0.242 e. The number of amides is 1. The molecule has 0 aliphatic heterocycles. The number of hydrogen-bond acceptors (Lipinski definition) is 3. The fourth-order valence-electron chi connectivity index (χ4n) is 1.84. The monoisotopic (exact) mass is 278 g/mol. The van der Waals surface area contributed by atoms with Crippen molar-refractivity contribution in [2.45, 2.75) is 39.7 Å². The van der Waals surface area contributed by atoms with Crippen LogP contribution in [0.4, 0.5) is 0 Å². The summed E-state index contributed by atoms with van der Waals surface area (Å²) in [4.78, 5) is 11.8. The average molecular weight is 278 g/mol. The molecule has 1 unspecified atom stereocenters. The van der Waals surface area contributed by atoms with Crippen LogP contribution in [-0.2, 0) is 10.3 Å². The molecule has 0 saturated carbocycles. The van der Waals surface area contributed by atoms with Gasteiger partial charge in [0.15, 0.2) is 0 Å². The molecule has 112 valence electrons. The summed E-state index contributed by atoms with van der Waals surface area (Å²) in [5, 5.41) is 3.26. The zero-order valence-corrected chi connectivity index (χ0v) is 12.9. The van der Waals surface area contributed by atoms with Crippen LogP contribution in [0.2, 0.25) is 0 Å². The van der Waals surface area contributed by atoms with Crippen LogP contribution in [-0.4, -0.2) is 19.1 Å². The van der Waals surface area contributed by atoms with E-state index in [0.29, 0.717) is 12.5 Å². The fraction of sp³-hybridized carbons (Fsp3) is 0.562. The highest BCUT2D eigenvalue weighted by atomic mass is 16.5.